The molecule has 3 nitrogen and oxygen atoms in total. The molecule has 104 valence electrons. The van der Waals surface area contributed by atoms with Crippen molar-refractivity contribution in [3.05, 3.63) is 59.2 Å². The quantitative estimate of drug-likeness (QED) is 0.930. The fourth-order valence-corrected chi connectivity index (χ4v) is 2.52. The number of hydrogen-bond donors (Lipinski definition) is 1. The predicted octanol–water partition coefficient (Wildman–Crippen LogP) is 2.77. The van der Waals surface area contributed by atoms with Crippen LogP contribution < -0.4 is 9.64 Å². The summed E-state index contributed by atoms with van der Waals surface area (Å²) < 4.78 is 5.49. The molecule has 0 radical (unpaired) electrons. The topological polar surface area (TPSA) is 32.7 Å². The molecule has 1 unspecified atom stereocenters. The van der Waals surface area contributed by atoms with Gasteiger partial charge in [0.2, 0.25) is 0 Å². The predicted molar refractivity (Wildman–Crippen MR) is 80.5 cm³/mol. The van der Waals surface area contributed by atoms with E-state index in [0.717, 1.165) is 35.6 Å². The molecule has 0 spiro atoms. The van der Waals surface area contributed by atoms with E-state index in [1.54, 1.807) is 0 Å². The van der Waals surface area contributed by atoms with Crippen LogP contribution in [-0.2, 0) is 6.42 Å². The molecular weight excluding hydrogens is 250 g/mol. The number of nitrogens with zero attached hydrogens (tertiary/aromatic N) is 1. The van der Waals surface area contributed by atoms with Gasteiger partial charge in [0.15, 0.2) is 0 Å². The molecular formula is C17H19NO2. The molecule has 1 N–H and O–H groups in total. The lowest BCUT2D eigenvalue weighted by Crippen LogP contribution is -2.08. The third-order valence-electron chi connectivity index (χ3n) is 3.75. The first kappa shape index (κ1) is 13.0. The number of anilines is 1. The molecule has 3 heteroatoms. The lowest BCUT2D eigenvalue weighted by molar-refractivity contribution is 0.220. The molecule has 0 bridgehead atoms. The van der Waals surface area contributed by atoms with Gasteiger partial charge in [-0.25, -0.2) is 0 Å². The van der Waals surface area contributed by atoms with Gasteiger partial charge in [-0.1, -0.05) is 18.2 Å². The Morgan fingerprint density at radius 3 is 2.45 bits per heavy atom. The molecule has 1 aliphatic heterocycles. The lowest BCUT2D eigenvalue weighted by Gasteiger charge is -2.16. The smallest absolute Gasteiger partial charge is 0.122 e. The first-order chi connectivity index (χ1) is 9.65. The first-order valence-corrected chi connectivity index (χ1v) is 6.86. The number of rotatable bonds is 3. The molecule has 1 atom stereocenters. The fourth-order valence-electron chi connectivity index (χ4n) is 2.52. The minimum atomic E-state index is -0.586. The maximum Gasteiger partial charge on any atom is 0.122 e. The summed E-state index contributed by atoms with van der Waals surface area (Å²) in [5, 5.41) is 10.5. The van der Waals surface area contributed by atoms with E-state index in [1.165, 1.54) is 5.56 Å². The lowest BCUT2D eigenvalue weighted by atomic mass is 9.98. The molecule has 0 saturated heterocycles. The Balaban J connectivity index is 1.86. The first-order valence-electron chi connectivity index (χ1n) is 6.86. The number of hydrogen-bond acceptors (Lipinski definition) is 3. The zero-order valence-corrected chi connectivity index (χ0v) is 11.8. The van der Waals surface area contributed by atoms with E-state index < -0.39 is 6.10 Å². The highest BCUT2D eigenvalue weighted by Crippen LogP contribution is 2.31. The highest BCUT2D eigenvalue weighted by atomic mass is 16.5. The summed E-state index contributed by atoms with van der Waals surface area (Å²) >= 11 is 0. The summed E-state index contributed by atoms with van der Waals surface area (Å²) in [5.41, 5.74) is 4.15. The number of fused-ring (bicyclic) bond motifs is 1. The van der Waals surface area contributed by atoms with Gasteiger partial charge in [-0.3, -0.25) is 0 Å². The monoisotopic (exact) mass is 269 g/mol. The average Bonchev–Trinajstić information content (AvgIpc) is 2.94. The van der Waals surface area contributed by atoms with E-state index in [1.807, 2.05) is 61.5 Å². The average molecular weight is 269 g/mol. The van der Waals surface area contributed by atoms with Crippen molar-refractivity contribution in [2.45, 2.75) is 12.5 Å². The van der Waals surface area contributed by atoms with Crippen LogP contribution in [0.25, 0.3) is 0 Å². The zero-order valence-electron chi connectivity index (χ0n) is 11.8. The van der Waals surface area contributed by atoms with Crippen molar-refractivity contribution < 1.29 is 9.84 Å². The molecule has 1 aliphatic rings. The van der Waals surface area contributed by atoms with Crippen LogP contribution in [-0.4, -0.2) is 25.8 Å². The molecule has 20 heavy (non-hydrogen) atoms. The van der Waals surface area contributed by atoms with Gasteiger partial charge in [0, 0.05) is 26.2 Å². The summed E-state index contributed by atoms with van der Waals surface area (Å²) in [6, 6.07) is 13.9. The molecule has 0 amide bonds. The molecule has 1 heterocycles. The summed E-state index contributed by atoms with van der Waals surface area (Å²) in [5.74, 6) is 0.948. The molecule has 0 aliphatic carbocycles. The van der Waals surface area contributed by atoms with Gasteiger partial charge in [0.1, 0.15) is 11.9 Å². The number of aliphatic hydroxyl groups is 1. The maximum atomic E-state index is 10.5. The van der Waals surface area contributed by atoms with Crippen LogP contribution in [0.5, 0.6) is 5.75 Å². The minimum absolute atomic E-state index is 0.586. The Hall–Kier alpha value is -2.00. The van der Waals surface area contributed by atoms with Crippen molar-refractivity contribution >= 4 is 5.69 Å². The molecule has 2 aromatic carbocycles. The van der Waals surface area contributed by atoms with Crippen LogP contribution >= 0.6 is 0 Å². The normalized spacial score (nSPS) is 14.6. The Morgan fingerprint density at radius 2 is 1.75 bits per heavy atom. The van der Waals surface area contributed by atoms with Crippen molar-refractivity contribution in [1.82, 2.24) is 0 Å². The SMILES string of the molecule is CN(C)c1ccc(C(O)c2ccc3c(c2)CCO3)cc1. The fraction of sp³-hybridized carbons (Fsp3) is 0.294. The van der Waals surface area contributed by atoms with Crippen LogP contribution in [0.3, 0.4) is 0 Å². The van der Waals surface area contributed by atoms with E-state index in [2.05, 4.69) is 0 Å². The van der Waals surface area contributed by atoms with E-state index >= 15 is 0 Å². The van der Waals surface area contributed by atoms with E-state index in [-0.39, 0.29) is 0 Å². The van der Waals surface area contributed by atoms with Crippen LogP contribution in [0.2, 0.25) is 0 Å². The Kier molecular flexibility index (Phi) is 3.36. The van der Waals surface area contributed by atoms with Gasteiger partial charge in [-0.05, 0) is 41.0 Å². The summed E-state index contributed by atoms with van der Waals surface area (Å²) in [4.78, 5) is 2.04. The van der Waals surface area contributed by atoms with Crippen LogP contribution in [0.4, 0.5) is 5.69 Å². The number of aliphatic hydroxyl groups excluding tert-OH is 1. The van der Waals surface area contributed by atoms with Crippen molar-refractivity contribution in [1.29, 1.82) is 0 Å². The van der Waals surface area contributed by atoms with Gasteiger partial charge in [-0.2, -0.15) is 0 Å². The Labute approximate surface area is 119 Å². The molecule has 0 aromatic heterocycles. The Morgan fingerprint density at radius 1 is 1.05 bits per heavy atom. The molecule has 2 aromatic rings. The van der Waals surface area contributed by atoms with Gasteiger partial charge in [-0.15, -0.1) is 0 Å². The standard InChI is InChI=1S/C17H19NO2/c1-18(2)15-6-3-12(4-7-15)17(19)14-5-8-16-13(11-14)9-10-20-16/h3-8,11,17,19H,9-10H2,1-2H3. The zero-order chi connectivity index (χ0) is 14.1. The van der Waals surface area contributed by atoms with Crippen molar-refractivity contribution in [2.75, 3.05) is 25.6 Å². The van der Waals surface area contributed by atoms with Crippen molar-refractivity contribution in [3.8, 4) is 5.75 Å². The second kappa shape index (κ2) is 5.17. The van der Waals surface area contributed by atoms with Crippen molar-refractivity contribution in [3.63, 3.8) is 0 Å². The van der Waals surface area contributed by atoms with Crippen molar-refractivity contribution in [2.24, 2.45) is 0 Å². The highest BCUT2D eigenvalue weighted by molar-refractivity contribution is 5.48. The van der Waals surface area contributed by atoms with Gasteiger partial charge >= 0.3 is 0 Å². The second-order valence-electron chi connectivity index (χ2n) is 5.35. The van der Waals surface area contributed by atoms with Gasteiger partial charge < -0.3 is 14.7 Å². The molecule has 0 saturated carbocycles. The number of ether oxygens (including phenoxy) is 1. The maximum absolute atomic E-state index is 10.5. The van der Waals surface area contributed by atoms with E-state index in [0.29, 0.717) is 0 Å². The third-order valence-corrected chi connectivity index (χ3v) is 3.75. The summed E-state index contributed by atoms with van der Waals surface area (Å²) in [6.45, 7) is 0.742. The largest absolute Gasteiger partial charge is 0.493 e. The third kappa shape index (κ3) is 2.37. The highest BCUT2D eigenvalue weighted by Gasteiger charge is 2.16. The summed E-state index contributed by atoms with van der Waals surface area (Å²) in [6.07, 6.45) is 0.340. The second-order valence-corrected chi connectivity index (χ2v) is 5.35. The van der Waals surface area contributed by atoms with Gasteiger partial charge in [0.25, 0.3) is 0 Å². The molecule has 3 rings (SSSR count). The van der Waals surface area contributed by atoms with Crippen LogP contribution in [0, 0.1) is 0 Å². The van der Waals surface area contributed by atoms with Gasteiger partial charge in [0.05, 0.1) is 6.61 Å². The van der Waals surface area contributed by atoms with Crippen LogP contribution in [0.1, 0.15) is 22.8 Å². The molecule has 0 fully saturated rings. The number of benzene rings is 2. The summed E-state index contributed by atoms with van der Waals surface area (Å²) in [7, 11) is 4.01. The van der Waals surface area contributed by atoms with E-state index in [4.69, 9.17) is 4.74 Å². The van der Waals surface area contributed by atoms with E-state index in [9.17, 15) is 5.11 Å². The minimum Gasteiger partial charge on any atom is -0.493 e. The Bertz CT molecular complexity index is 605. The van der Waals surface area contributed by atoms with Crippen LogP contribution in [0.15, 0.2) is 42.5 Å².